The van der Waals surface area contributed by atoms with Crippen molar-refractivity contribution in [2.24, 2.45) is 5.92 Å². The number of nitrogens with zero attached hydrogens (tertiary/aromatic N) is 3. The van der Waals surface area contributed by atoms with Crippen molar-refractivity contribution in [3.63, 3.8) is 0 Å². The van der Waals surface area contributed by atoms with Crippen LogP contribution in [-0.2, 0) is 6.54 Å². The Balaban J connectivity index is 1.54. The van der Waals surface area contributed by atoms with E-state index in [2.05, 4.69) is 10.1 Å². The summed E-state index contributed by atoms with van der Waals surface area (Å²) in [7, 11) is 0. The van der Waals surface area contributed by atoms with E-state index >= 15 is 0 Å². The molecule has 5 rings (SSSR count). The lowest BCUT2D eigenvalue weighted by Gasteiger charge is -2.43. The topological polar surface area (TPSA) is 42.2 Å². The average molecular weight is 315 g/mol. The normalized spacial score (nSPS) is 28.8. The molecule has 21 heavy (non-hydrogen) atoms. The lowest BCUT2D eigenvalue weighted by molar-refractivity contribution is -0.239. The molecule has 8 heteroatoms. The van der Waals surface area contributed by atoms with E-state index in [1.54, 1.807) is 0 Å². The maximum atomic E-state index is 13.3. The largest absolute Gasteiger partial charge is 0.406 e. The van der Waals surface area contributed by atoms with Crippen LogP contribution >= 0.6 is 11.3 Å². The molecule has 3 aliphatic rings. The molecule has 3 fully saturated rings. The van der Waals surface area contributed by atoms with E-state index < -0.39 is 11.7 Å². The minimum atomic E-state index is -4.20. The van der Waals surface area contributed by atoms with Crippen LogP contribution in [0.3, 0.4) is 0 Å². The van der Waals surface area contributed by atoms with Gasteiger partial charge in [-0.2, -0.15) is 18.2 Å². The molecular weight excluding hydrogens is 303 g/mol. The first-order valence-electron chi connectivity index (χ1n) is 6.66. The molecule has 1 aliphatic carbocycles. The van der Waals surface area contributed by atoms with Gasteiger partial charge in [-0.05, 0) is 30.2 Å². The van der Waals surface area contributed by atoms with Gasteiger partial charge in [0.15, 0.2) is 0 Å². The Labute approximate surface area is 122 Å². The summed E-state index contributed by atoms with van der Waals surface area (Å²) in [4.78, 5) is 6.50. The van der Waals surface area contributed by atoms with Crippen molar-refractivity contribution in [3.05, 3.63) is 23.4 Å². The van der Waals surface area contributed by atoms with Gasteiger partial charge in [-0.25, -0.2) is 0 Å². The maximum Gasteiger partial charge on any atom is 0.406 e. The van der Waals surface area contributed by atoms with E-state index in [4.69, 9.17) is 4.52 Å². The van der Waals surface area contributed by atoms with E-state index in [9.17, 15) is 13.2 Å². The third-order valence-corrected chi connectivity index (χ3v) is 5.27. The molecule has 0 aromatic carbocycles. The monoisotopic (exact) mass is 315 g/mol. The zero-order valence-corrected chi connectivity index (χ0v) is 11.7. The Hall–Kier alpha value is -1.41. The second-order valence-electron chi connectivity index (χ2n) is 5.67. The van der Waals surface area contributed by atoms with Crippen LogP contribution in [0.5, 0.6) is 0 Å². The molecule has 4 nitrogen and oxygen atoms in total. The second-order valence-corrected chi connectivity index (χ2v) is 6.62. The van der Waals surface area contributed by atoms with Crippen molar-refractivity contribution in [1.82, 2.24) is 15.0 Å². The maximum absolute atomic E-state index is 13.3. The first kappa shape index (κ1) is 13.3. The number of rotatable bonds is 3. The summed E-state index contributed by atoms with van der Waals surface area (Å²) in [5, 5.41) is 5.73. The fraction of sp³-hybridized carbons (Fsp3) is 0.538. The van der Waals surface area contributed by atoms with Crippen LogP contribution in [0, 0.1) is 5.92 Å². The number of thiophene rings is 1. The van der Waals surface area contributed by atoms with Crippen molar-refractivity contribution >= 4 is 11.3 Å². The third-order valence-electron chi connectivity index (χ3n) is 4.40. The molecule has 0 radical (unpaired) electrons. The van der Waals surface area contributed by atoms with E-state index in [1.165, 1.54) is 16.2 Å². The molecule has 1 saturated carbocycles. The Kier molecular flexibility index (Phi) is 2.71. The van der Waals surface area contributed by atoms with Gasteiger partial charge in [0, 0.05) is 6.54 Å². The smallest absolute Gasteiger partial charge is 0.338 e. The van der Waals surface area contributed by atoms with Crippen molar-refractivity contribution in [3.8, 4) is 10.7 Å². The van der Waals surface area contributed by atoms with Crippen molar-refractivity contribution in [2.45, 2.75) is 31.1 Å². The van der Waals surface area contributed by atoms with Gasteiger partial charge in [-0.1, -0.05) is 11.2 Å². The SMILES string of the molecule is FC(F)(F)C12CC(CN1Cc1nc(-c3cccs3)no1)C2. The molecule has 2 aromatic heterocycles. The molecule has 2 saturated heterocycles. The van der Waals surface area contributed by atoms with E-state index in [-0.39, 0.29) is 31.2 Å². The molecule has 4 heterocycles. The number of fused-ring (bicyclic) bond motifs is 1. The lowest BCUT2D eigenvalue weighted by atomic mass is 9.73. The number of alkyl halides is 3. The average Bonchev–Trinajstić information content (AvgIpc) is 3.08. The Morgan fingerprint density at radius 1 is 1.43 bits per heavy atom. The lowest BCUT2D eigenvalue weighted by Crippen LogP contribution is -2.57. The highest BCUT2D eigenvalue weighted by Gasteiger charge is 2.69. The van der Waals surface area contributed by atoms with E-state index in [0.29, 0.717) is 12.4 Å². The highest BCUT2D eigenvalue weighted by molar-refractivity contribution is 7.13. The van der Waals surface area contributed by atoms with Crippen molar-refractivity contribution in [1.29, 1.82) is 0 Å². The van der Waals surface area contributed by atoms with Crippen LogP contribution in [0.25, 0.3) is 10.7 Å². The summed E-state index contributed by atoms with van der Waals surface area (Å²) in [5.41, 5.74) is -1.67. The van der Waals surface area contributed by atoms with Gasteiger partial charge in [0.05, 0.1) is 11.4 Å². The summed E-state index contributed by atoms with van der Waals surface area (Å²) >= 11 is 1.47. The standard InChI is InChI=1S/C13H12F3N3OS/c14-13(15,16)12-4-8(5-12)6-19(12)7-10-17-11(18-20-10)9-2-1-3-21-9/h1-3,8H,4-7H2. The molecule has 112 valence electrons. The number of hydrogen-bond donors (Lipinski definition) is 0. The Morgan fingerprint density at radius 2 is 2.24 bits per heavy atom. The molecular formula is C13H12F3N3OS. The van der Waals surface area contributed by atoms with Crippen LogP contribution in [0.1, 0.15) is 18.7 Å². The first-order valence-corrected chi connectivity index (χ1v) is 7.54. The molecule has 0 N–H and O–H groups in total. The summed E-state index contributed by atoms with van der Waals surface area (Å²) in [5.74, 6) is 0.827. The molecule has 0 unspecified atom stereocenters. The van der Waals surface area contributed by atoms with Crippen LogP contribution < -0.4 is 0 Å². The van der Waals surface area contributed by atoms with Crippen molar-refractivity contribution < 1.29 is 17.7 Å². The Bertz CT molecular complexity index is 646. The summed E-state index contributed by atoms with van der Waals surface area (Å²) in [6.07, 6.45) is -3.80. The molecule has 2 aliphatic heterocycles. The minimum absolute atomic E-state index is 0.0639. The van der Waals surface area contributed by atoms with Gasteiger partial charge in [-0.3, -0.25) is 4.90 Å². The van der Waals surface area contributed by atoms with E-state index in [1.807, 2.05) is 17.5 Å². The predicted molar refractivity (Wildman–Crippen MR) is 69.5 cm³/mol. The van der Waals surface area contributed by atoms with Gasteiger partial charge >= 0.3 is 6.18 Å². The Morgan fingerprint density at radius 3 is 2.90 bits per heavy atom. The van der Waals surface area contributed by atoms with Gasteiger partial charge < -0.3 is 4.52 Å². The fourth-order valence-electron chi connectivity index (χ4n) is 3.38. The first-order chi connectivity index (χ1) is 9.98. The van der Waals surface area contributed by atoms with Crippen LogP contribution in [0.15, 0.2) is 22.0 Å². The van der Waals surface area contributed by atoms with Gasteiger partial charge in [0.1, 0.15) is 5.54 Å². The van der Waals surface area contributed by atoms with Crippen LogP contribution in [0.4, 0.5) is 13.2 Å². The highest BCUT2D eigenvalue weighted by Crippen LogP contribution is 2.58. The minimum Gasteiger partial charge on any atom is -0.338 e. The zero-order valence-electron chi connectivity index (χ0n) is 10.9. The van der Waals surface area contributed by atoms with Crippen LogP contribution in [0.2, 0.25) is 0 Å². The second kappa shape index (κ2) is 4.30. The predicted octanol–water partition coefficient (Wildman–Crippen LogP) is 3.32. The van der Waals surface area contributed by atoms with Gasteiger partial charge in [0.2, 0.25) is 11.7 Å². The summed E-state index contributed by atoms with van der Waals surface area (Å²) in [6.45, 7) is 0.518. The van der Waals surface area contributed by atoms with Crippen molar-refractivity contribution in [2.75, 3.05) is 6.54 Å². The number of halogens is 3. The zero-order chi connectivity index (χ0) is 14.7. The van der Waals surface area contributed by atoms with Crippen LogP contribution in [-0.4, -0.2) is 33.3 Å². The molecule has 0 spiro atoms. The molecule has 0 amide bonds. The summed E-state index contributed by atoms with van der Waals surface area (Å²) < 4.78 is 44.9. The fourth-order valence-corrected chi connectivity index (χ4v) is 4.03. The number of hydrogen-bond acceptors (Lipinski definition) is 5. The quantitative estimate of drug-likeness (QED) is 0.871. The number of aromatic nitrogens is 2. The van der Waals surface area contributed by atoms with Gasteiger partial charge in [0.25, 0.3) is 0 Å². The highest BCUT2D eigenvalue weighted by atomic mass is 32.1. The third kappa shape index (κ3) is 1.92. The van der Waals surface area contributed by atoms with Gasteiger partial charge in [-0.15, -0.1) is 11.3 Å². The van der Waals surface area contributed by atoms with E-state index in [0.717, 1.165) is 4.88 Å². The molecule has 2 bridgehead atoms. The molecule has 2 aromatic rings. The molecule has 0 atom stereocenters. The summed E-state index contributed by atoms with van der Waals surface area (Å²) in [6, 6.07) is 3.72.